The second-order valence-electron chi connectivity index (χ2n) is 11.4. The van der Waals surface area contributed by atoms with E-state index in [1.165, 1.54) is 4.90 Å². The number of para-hydroxylation sites is 1. The van der Waals surface area contributed by atoms with Crippen LogP contribution in [0.4, 0.5) is 0 Å². The molecule has 2 aromatic rings. The SMILES string of the molecule is C[C@H]1C[C@H](N2C(=N)NC(C)(C)CC2=O)c2cc(C(=O)N[C@@H]3c4ccccc4OC(C)(C)[C@H]3O)ccc21. The number of aliphatic hydroxyl groups excluding tert-OH is 1. The van der Waals surface area contributed by atoms with E-state index in [9.17, 15) is 14.7 Å². The molecule has 0 unspecified atom stereocenters. The monoisotopic (exact) mass is 490 g/mol. The molecule has 8 nitrogen and oxygen atoms in total. The number of amides is 2. The number of fused-ring (bicyclic) bond motifs is 2. The Morgan fingerprint density at radius 1 is 1.14 bits per heavy atom. The summed E-state index contributed by atoms with van der Waals surface area (Å²) >= 11 is 0. The molecule has 8 heteroatoms. The van der Waals surface area contributed by atoms with E-state index in [0.717, 1.165) is 16.7 Å². The average molecular weight is 491 g/mol. The predicted octanol–water partition coefficient (Wildman–Crippen LogP) is 3.77. The minimum Gasteiger partial charge on any atom is -0.485 e. The van der Waals surface area contributed by atoms with Gasteiger partial charge in [-0.3, -0.25) is 19.9 Å². The van der Waals surface area contributed by atoms with Gasteiger partial charge in [-0.25, -0.2) is 0 Å². The number of hydrogen-bond acceptors (Lipinski definition) is 5. The lowest BCUT2D eigenvalue weighted by atomic mass is 9.86. The highest BCUT2D eigenvalue weighted by Gasteiger charge is 2.45. The number of guanidine groups is 1. The average Bonchev–Trinajstić information content (AvgIpc) is 3.10. The number of carbonyl (C=O) groups is 2. The maximum atomic E-state index is 13.5. The highest BCUT2D eigenvalue weighted by Crippen LogP contribution is 2.45. The van der Waals surface area contributed by atoms with Crippen molar-refractivity contribution in [1.82, 2.24) is 15.5 Å². The number of nitrogens with one attached hydrogen (secondary N) is 3. The predicted molar refractivity (Wildman–Crippen MR) is 136 cm³/mol. The van der Waals surface area contributed by atoms with Gasteiger partial charge in [0, 0.05) is 23.1 Å². The molecule has 2 heterocycles. The Morgan fingerprint density at radius 3 is 2.58 bits per heavy atom. The lowest BCUT2D eigenvalue weighted by molar-refractivity contribution is -0.132. The smallest absolute Gasteiger partial charge is 0.251 e. The van der Waals surface area contributed by atoms with Gasteiger partial charge in [0.25, 0.3) is 5.91 Å². The molecule has 0 radical (unpaired) electrons. The molecular formula is C28H34N4O4. The lowest BCUT2D eigenvalue weighted by Gasteiger charge is -2.42. The fourth-order valence-electron chi connectivity index (χ4n) is 5.76. The molecule has 2 amide bonds. The third kappa shape index (κ3) is 4.03. The zero-order valence-electron chi connectivity index (χ0n) is 21.4. The molecule has 5 rings (SSSR count). The van der Waals surface area contributed by atoms with Crippen LogP contribution in [-0.2, 0) is 4.79 Å². The van der Waals surface area contributed by atoms with Crippen molar-refractivity contribution in [2.75, 3.05) is 0 Å². The zero-order valence-corrected chi connectivity index (χ0v) is 21.4. The molecule has 36 heavy (non-hydrogen) atoms. The summed E-state index contributed by atoms with van der Waals surface area (Å²) in [6.45, 7) is 9.52. The van der Waals surface area contributed by atoms with Crippen molar-refractivity contribution in [2.45, 2.75) is 82.7 Å². The van der Waals surface area contributed by atoms with Crippen molar-refractivity contribution in [3.8, 4) is 5.75 Å². The molecule has 0 spiro atoms. The first-order chi connectivity index (χ1) is 16.9. The summed E-state index contributed by atoms with van der Waals surface area (Å²) in [5, 5.41) is 25.7. The molecule has 4 atom stereocenters. The zero-order chi connectivity index (χ0) is 26.0. The second-order valence-corrected chi connectivity index (χ2v) is 11.4. The van der Waals surface area contributed by atoms with Crippen LogP contribution < -0.4 is 15.4 Å². The van der Waals surface area contributed by atoms with Crippen LogP contribution >= 0.6 is 0 Å². The number of rotatable bonds is 3. The molecule has 2 aliphatic heterocycles. The summed E-state index contributed by atoms with van der Waals surface area (Å²) < 4.78 is 5.97. The fraction of sp³-hybridized carbons (Fsp3) is 0.464. The summed E-state index contributed by atoms with van der Waals surface area (Å²) in [6, 6.07) is 12.0. The van der Waals surface area contributed by atoms with Crippen LogP contribution in [0, 0.1) is 5.41 Å². The number of carbonyl (C=O) groups excluding carboxylic acids is 2. The summed E-state index contributed by atoms with van der Waals surface area (Å²) in [5.74, 6) is 0.529. The summed E-state index contributed by atoms with van der Waals surface area (Å²) in [5.41, 5.74) is 1.81. The van der Waals surface area contributed by atoms with Crippen LogP contribution in [-0.4, -0.2) is 45.0 Å². The Kier molecular flexibility index (Phi) is 5.63. The second kappa shape index (κ2) is 8.34. The third-order valence-electron chi connectivity index (χ3n) is 7.63. The van der Waals surface area contributed by atoms with Crippen molar-refractivity contribution < 1.29 is 19.4 Å². The highest BCUT2D eigenvalue weighted by atomic mass is 16.5. The van der Waals surface area contributed by atoms with E-state index in [1.54, 1.807) is 19.9 Å². The first kappa shape index (κ1) is 24.3. The molecule has 3 aliphatic rings. The normalized spacial score (nSPS) is 28.0. The summed E-state index contributed by atoms with van der Waals surface area (Å²) in [6.07, 6.45) is 0.0446. The molecule has 1 saturated heterocycles. The summed E-state index contributed by atoms with van der Waals surface area (Å²) in [7, 11) is 0. The minimum atomic E-state index is -0.945. The Bertz CT molecular complexity index is 1230. The maximum absolute atomic E-state index is 13.5. The van der Waals surface area contributed by atoms with Crippen LogP contribution in [0.1, 0.15) is 92.5 Å². The Labute approximate surface area is 211 Å². The third-order valence-corrected chi connectivity index (χ3v) is 7.63. The molecule has 2 aromatic carbocycles. The molecule has 0 bridgehead atoms. The van der Waals surface area contributed by atoms with Crippen molar-refractivity contribution in [3.63, 3.8) is 0 Å². The number of aliphatic hydroxyl groups is 1. The van der Waals surface area contributed by atoms with Crippen molar-refractivity contribution >= 4 is 17.8 Å². The summed E-state index contributed by atoms with van der Waals surface area (Å²) in [4.78, 5) is 28.0. The molecule has 4 N–H and O–H groups in total. The van der Waals surface area contributed by atoms with Gasteiger partial charge in [-0.2, -0.15) is 0 Å². The van der Waals surface area contributed by atoms with Gasteiger partial charge in [0.1, 0.15) is 17.5 Å². The number of hydrogen-bond donors (Lipinski definition) is 4. The van der Waals surface area contributed by atoms with Gasteiger partial charge in [-0.15, -0.1) is 0 Å². The fourth-order valence-corrected chi connectivity index (χ4v) is 5.76. The molecule has 1 aliphatic carbocycles. The van der Waals surface area contributed by atoms with Gasteiger partial charge in [0.2, 0.25) is 5.91 Å². The Hall–Kier alpha value is -3.39. The van der Waals surface area contributed by atoms with Gasteiger partial charge in [-0.05, 0) is 69.4 Å². The Morgan fingerprint density at radius 2 is 1.86 bits per heavy atom. The van der Waals surface area contributed by atoms with E-state index in [-0.39, 0.29) is 29.7 Å². The van der Waals surface area contributed by atoms with Crippen LogP contribution in [0.5, 0.6) is 5.75 Å². The van der Waals surface area contributed by atoms with E-state index >= 15 is 0 Å². The van der Waals surface area contributed by atoms with Crippen molar-refractivity contribution in [3.05, 3.63) is 64.7 Å². The minimum absolute atomic E-state index is 0.0900. The maximum Gasteiger partial charge on any atom is 0.251 e. The van der Waals surface area contributed by atoms with Gasteiger partial charge in [0.15, 0.2) is 5.96 Å². The standard InChI is InChI=1S/C28H34N4O4/c1-15-12-20(32-22(33)14-27(2,3)31-26(32)29)19-13-16(10-11-17(15)19)25(35)30-23-18-8-6-7-9-21(18)36-28(4,5)24(23)34/h6-11,13,15,20,23-24,34H,12,14H2,1-5H3,(H2,29,31)(H,30,35)/t15-,20-,23+,24-/m0/s1. The first-order valence-corrected chi connectivity index (χ1v) is 12.5. The van der Waals surface area contributed by atoms with Crippen molar-refractivity contribution in [2.24, 2.45) is 0 Å². The lowest BCUT2D eigenvalue weighted by Crippen LogP contribution is -2.60. The molecule has 0 aromatic heterocycles. The number of benzene rings is 2. The largest absolute Gasteiger partial charge is 0.485 e. The quantitative estimate of drug-likeness (QED) is 0.523. The van der Waals surface area contributed by atoms with E-state index in [1.807, 2.05) is 50.2 Å². The van der Waals surface area contributed by atoms with E-state index in [4.69, 9.17) is 10.1 Å². The van der Waals surface area contributed by atoms with Gasteiger partial charge in [-0.1, -0.05) is 31.2 Å². The molecule has 1 fully saturated rings. The number of ether oxygens (including phenoxy) is 1. The first-order valence-electron chi connectivity index (χ1n) is 12.5. The van der Waals surface area contributed by atoms with E-state index in [0.29, 0.717) is 24.2 Å². The molecule has 190 valence electrons. The van der Waals surface area contributed by atoms with Crippen molar-refractivity contribution in [1.29, 1.82) is 5.41 Å². The van der Waals surface area contributed by atoms with E-state index < -0.39 is 23.3 Å². The van der Waals surface area contributed by atoms with Gasteiger partial charge >= 0.3 is 0 Å². The molecular weight excluding hydrogens is 456 g/mol. The van der Waals surface area contributed by atoms with Gasteiger partial charge in [0.05, 0.1) is 12.1 Å². The number of nitrogens with zero attached hydrogens (tertiary/aromatic N) is 1. The van der Waals surface area contributed by atoms with Crippen LogP contribution in [0.25, 0.3) is 0 Å². The molecule has 0 saturated carbocycles. The van der Waals surface area contributed by atoms with E-state index in [2.05, 4.69) is 17.6 Å². The Balaban J connectivity index is 1.44. The van der Waals surface area contributed by atoms with Crippen LogP contribution in [0.2, 0.25) is 0 Å². The highest BCUT2D eigenvalue weighted by molar-refractivity contribution is 6.00. The van der Waals surface area contributed by atoms with Crippen LogP contribution in [0.3, 0.4) is 0 Å². The topological polar surface area (TPSA) is 115 Å². The van der Waals surface area contributed by atoms with Gasteiger partial charge < -0.3 is 20.5 Å². The van der Waals surface area contributed by atoms with Crippen LogP contribution in [0.15, 0.2) is 42.5 Å².